The minimum Gasteiger partial charge on any atom is -0.496 e. The largest absolute Gasteiger partial charge is 0.496 e. The molecule has 4 rings (SSSR count). The number of nitrogens with zero attached hydrogens (tertiary/aromatic N) is 2. The lowest BCUT2D eigenvalue weighted by Crippen LogP contribution is -2.31. The Morgan fingerprint density at radius 2 is 1.74 bits per heavy atom. The maximum Gasteiger partial charge on any atom is 0.371 e. The summed E-state index contributed by atoms with van der Waals surface area (Å²) in [6, 6.07) is 11.4. The molecule has 0 radical (unpaired) electrons. The van der Waals surface area contributed by atoms with Crippen LogP contribution in [0, 0.1) is 6.92 Å². The number of rotatable bonds is 7. The average Bonchev–Trinajstić information content (AvgIpc) is 3.26. The molecular formula is C24H20N2O8. The topological polar surface area (TPSA) is 141 Å². The SMILES string of the molecule is COc1ccccc1Cn1c(C)nc(-c2ccc(OC)c3cc(C(=O)O)oc23)c(C(=O)O)c1=O. The smallest absolute Gasteiger partial charge is 0.371 e. The first-order chi connectivity index (χ1) is 16.3. The highest BCUT2D eigenvalue weighted by Crippen LogP contribution is 2.37. The van der Waals surface area contributed by atoms with Crippen molar-refractivity contribution < 1.29 is 33.7 Å². The van der Waals surface area contributed by atoms with Gasteiger partial charge in [-0.15, -0.1) is 0 Å². The van der Waals surface area contributed by atoms with Gasteiger partial charge in [0.05, 0.1) is 31.8 Å². The quantitative estimate of drug-likeness (QED) is 0.421. The summed E-state index contributed by atoms with van der Waals surface area (Å²) in [6.07, 6.45) is 0. The van der Waals surface area contributed by atoms with Gasteiger partial charge < -0.3 is 24.1 Å². The molecule has 2 heterocycles. The van der Waals surface area contributed by atoms with Crippen LogP contribution in [-0.4, -0.2) is 45.9 Å². The van der Waals surface area contributed by atoms with Gasteiger partial charge >= 0.3 is 11.9 Å². The average molecular weight is 464 g/mol. The Kier molecular flexibility index (Phi) is 5.80. The van der Waals surface area contributed by atoms with Crippen LogP contribution >= 0.6 is 0 Å². The molecule has 2 N–H and O–H groups in total. The predicted octanol–water partition coefficient (Wildman–Crippen LogP) is 3.43. The molecule has 174 valence electrons. The normalized spacial score (nSPS) is 10.9. The molecule has 0 aliphatic carbocycles. The minimum absolute atomic E-state index is 0.0458. The molecule has 0 saturated carbocycles. The van der Waals surface area contributed by atoms with E-state index >= 15 is 0 Å². The van der Waals surface area contributed by atoms with Gasteiger partial charge in [0, 0.05) is 17.2 Å². The Hall–Kier alpha value is -4.60. The van der Waals surface area contributed by atoms with Crippen molar-refractivity contribution >= 4 is 22.9 Å². The number of methoxy groups -OCH3 is 2. The number of aromatic nitrogens is 2. The second kappa shape index (κ2) is 8.74. The molecule has 2 aromatic heterocycles. The summed E-state index contributed by atoms with van der Waals surface area (Å²) in [7, 11) is 2.91. The summed E-state index contributed by atoms with van der Waals surface area (Å²) in [6.45, 7) is 1.63. The van der Waals surface area contributed by atoms with E-state index in [1.807, 2.05) is 0 Å². The Morgan fingerprint density at radius 3 is 2.38 bits per heavy atom. The van der Waals surface area contributed by atoms with Gasteiger partial charge in [-0.3, -0.25) is 9.36 Å². The third-order valence-electron chi connectivity index (χ3n) is 5.42. The lowest BCUT2D eigenvalue weighted by atomic mass is 10.0. The minimum atomic E-state index is -1.48. The molecule has 0 saturated heterocycles. The number of carboxylic acid groups (broad SMARTS) is 2. The number of fused-ring (bicyclic) bond motifs is 1. The van der Waals surface area contributed by atoms with E-state index in [4.69, 9.17) is 13.9 Å². The van der Waals surface area contributed by atoms with Crippen LogP contribution in [0.5, 0.6) is 11.5 Å². The summed E-state index contributed by atoms with van der Waals surface area (Å²) in [5, 5.41) is 19.6. The van der Waals surface area contributed by atoms with Crippen LogP contribution in [0.25, 0.3) is 22.2 Å². The fourth-order valence-electron chi connectivity index (χ4n) is 3.81. The molecule has 0 atom stereocenters. The molecule has 0 unspecified atom stereocenters. The molecule has 10 heteroatoms. The highest BCUT2D eigenvalue weighted by atomic mass is 16.5. The number of carboxylic acids is 2. The molecule has 0 spiro atoms. The van der Waals surface area contributed by atoms with Gasteiger partial charge in [0.25, 0.3) is 5.56 Å². The lowest BCUT2D eigenvalue weighted by Gasteiger charge is -2.15. The molecule has 0 bridgehead atoms. The first-order valence-electron chi connectivity index (χ1n) is 10.1. The number of carbonyl (C=O) groups is 2. The standard InChI is InChI=1S/C24H20N2O8/c1-12-25-20(14-8-9-17(33-3)15-10-18(23(28)29)34-21(14)15)19(24(30)31)22(27)26(12)11-13-6-4-5-7-16(13)32-2/h4-10H,11H2,1-3H3,(H,28,29)(H,30,31). The Labute approximate surface area is 192 Å². The lowest BCUT2D eigenvalue weighted by molar-refractivity contribution is 0.0661. The third-order valence-corrected chi connectivity index (χ3v) is 5.42. The van der Waals surface area contributed by atoms with Gasteiger partial charge in [-0.2, -0.15) is 0 Å². The van der Waals surface area contributed by atoms with Crippen molar-refractivity contribution in [3.05, 3.63) is 75.5 Å². The number of aryl methyl sites for hydroxylation is 1. The summed E-state index contributed by atoms with van der Waals surface area (Å²) in [5.74, 6) is -2.02. The van der Waals surface area contributed by atoms with Gasteiger partial charge in [0.15, 0.2) is 5.56 Å². The maximum atomic E-state index is 13.4. The molecule has 0 fully saturated rings. The van der Waals surface area contributed by atoms with Crippen LogP contribution in [0.1, 0.15) is 32.3 Å². The Bertz CT molecular complexity index is 1500. The zero-order valence-electron chi connectivity index (χ0n) is 18.5. The van der Waals surface area contributed by atoms with Crippen molar-refractivity contribution in [3.63, 3.8) is 0 Å². The van der Waals surface area contributed by atoms with Crippen molar-refractivity contribution in [1.29, 1.82) is 0 Å². The van der Waals surface area contributed by atoms with E-state index in [9.17, 15) is 24.6 Å². The van der Waals surface area contributed by atoms with E-state index in [-0.39, 0.29) is 35.0 Å². The molecule has 4 aromatic rings. The second-order valence-electron chi connectivity index (χ2n) is 7.36. The molecule has 0 amide bonds. The monoisotopic (exact) mass is 464 g/mol. The number of furan rings is 1. The fourth-order valence-corrected chi connectivity index (χ4v) is 3.81. The number of ether oxygens (including phenoxy) is 2. The van der Waals surface area contributed by atoms with E-state index < -0.39 is 23.1 Å². The van der Waals surface area contributed by atoms with E-state index in [2.05, 4.69) is 4.98 Å². The maximum absolute atomic E-state index is 13.4. The number of aromatic carboxylic acids is 2. The third kappa shape index (κ3) is 3.75. The first-order valence-corrected chi connectivity index (χ1v) is 10.1. The summed E-state index contributed by atoms with van der Waals surface area (Å²) in [5.41, 5.74) is -0.594. The number of para-hydroxylation sites is 1. The van der Waals surface area contributed by atoms with Crippen LogP contribution in [0.2, 0.25) is 0 Å². The van der Waals surface area contributed by atoms with Gasteiger partial charge in [-0.25, -0.2) is 14.6 Å². The number of hydrogen-bond donors (Lipinski definition) is 2. The zero-order valence-corrected chi connectivity index (χ0v) is 18.5. The number of hydrogen-bond acceptors (Lipinski definition) is 7. The zero-order chi connectivity index (χ0) is 24.6. The molecular weight excluding hydrogens is 444 g/mol. The second-order valence-corrected chi connectivity index (χ2v) is 7.36. The van der Waals surface area contributed by atoms with E-state index in [1.165, 1.54) is 37.0 Å². The van der Waals surface area contributed by atoms with Crippen LogP contribution < -0.4 is 15.0 Å². The van der Waals surface area contributed by atoms with Crippen molar-refractivity contribution in [2.24, 2.45) is 0 Å². The highest BCUT2D eigenvalue weighted by molar-refractivity contribution is 6.04. The predicted molar refractivity (Wildman–Crippen MR) is 121 cm³/mol. The molecule has 0 aliphatic rings. The Balaban J connectivity index is 1.97. The molecule has 10 nitrogen and oxygen atoms in total. The highest BCUT2D eigenvalue weighted by Gasteiger charge is 2.26. The van der Waals surface area contributed by atoms with Crippen LogP contribution in [0.4, 0.5) is 0 Å². The van der Waals surface area contributed by atoms with Gasteiger partial charge in [0.1, 0.15) is 22.9 Å². The molecule has 0 aliphatic heterocycles. The van der Waals surface area contributed by atoms with E-state index in [1.54, 1.807) is 31.2 Å². The van der Waals surface area contributed by atoms with Crippen LogP contribution in [-0.2, 0) is 6.54 Å². The van der Waals surface area contributed by atoms with Gasteiger partial charge in [-0.05, 0) is 25.1 Å². The van der Waals surface area contributed by atoms with Crippen LogP contribution in [0.3, 0.4) is 0 Å². The van der Waals surface area contributed by atoms with E-state index in [0.717, 1.165) is 0 Å². The van der Waals surface area contributed by atoms with Gasteiger partial charge in [0.2, 0.25) is 5.76 Å². The van der Waals surface area contributed by atoms with Crippen molar-refractivity contribution in [1.82, 2.24) is 9.55 Å². The first kappa shape index (κ1) is 22.6. The van der Waals surface area contributed by atoms with Gasteiger partial charge in [-0.1, -0.05) is 18.2 Å². The summed E-state index contributed by atoms with van der Waals surface area (Å²) >= 11 is 0. The molecule has 34 heavy (non-hydrogen) atoms. The summed E-state index contributed by atoms with van der Waals surface area (Å²) in [4.78, 5) is 41.4. The van der Waals surface area contributed by atoms with Crippen molar-refractivity contribution in [3.8, 4) is 22.8 Å². The molecule has 2 aromatic carbocycles. The van der Waals surface area contributed by atoms with Crippen molar-refractivity contribution in [2.45, 2.75) is 13.5 Å². The van der Waals surface area contributed by atoms with Crippen LogP contribution in [0.15, 0.2) is 51.7 Å². The van der Waals surface area contributed by atoms with E-state index in [0.29, 0.717) is 22.4 Å². The summed E-state index contributed by atoms with van der Waals surface area (Å²) < 4.78 is 17.3. The van der Waals surface area contributed by atoms with Crippen molar-refractivity contribution in [2.75, 3.05) is 14.2 Å². The fraction of sp³-hybridized carbons (Fsp3) is 0.167. The Morgan fingerprint density at radius 1 is 1.03 bits per heavy atom. The number of benzene rings is 2.